The van der Waals surface area contributed by atoms with Gasteiger partial charge < -0.3 is 19.7 Å². The van der Waals surface area contributed by atoms with Crippen LogP contribution in [0.1, 0.15) is 35.8 Å². The summed E-state index contributed by atoms with van der Waals surface area (Å²) in [5.74, 6) is 0.0934. The molecule has 0 radical (unpaired) electrons. The molecule has 9 nitrogen and oxygen atoms in total. The number of nitrogens with one attached hydrogen (secondary N) is 1. The highest BCUT2D eigenvalue weighted by Crippen LogP contribution is 2.37. The number of hydrogen-bond donors (Lipinski definition) is 1. The molecule has 0 aliphatic carbocycles. The number of ether oxygens (including phenoxy) is 2. The van der Waals surface area contributed by atoms with Crippen molar-refractivity contribution in [2.24, 2.45) is 0 Å². The lowest BCUT2D eigenvalue weighted by molar-refractivity contribution is -0.139. The maximum absolute atomic E-state index is 13.3. The van der Waals surface area contributed by atoms with E-state index in [0.29, 0.717) is 59.3 Å². The lowest BCUT2D eigenvalue weighted by Gasteiger charge is -2.42. The third kappa shape index (κ3) is 6.00. The summed E-state index contributed by atoms with van der Waals surface area (Å²) < 4.78 is 10.6. The van der Waals surface area contributed by atoms with E-state index in [0.717, 1.165) is 0 Å². The number of carbonyl (C=O) groups is 3. The van der Waals surface area contributed by atoms with Crippen LogP contribution in [0, 0.1) is 0 Å². The fourth-order valence-corrected chi connectivity index (χ4v) is 5.38. The maximum atomic E-state index is 13.3. The van der Waals surface area contributed by atoms with Gasteiger partial charge in [0.25, 0.3) is 5.91 Å². The van der Waals surface area contributed by atoms with Crippen molar-refractivity contribution < 1.29 is 23.9 Å². The van der Waals surface area contributed by atoms with E-state index in [4.69, 9.17) is 32.7 Å². The minimum atomic E-state index is -0.829. The number of halogens is 2. The molecule has 0 bridgehead atoms. The summed E-state index contributed by atoms with van der Waals surface area (Å²) >= 11 is 12.8. The molecule has 2 aliphatic heterocycles. The maximum Gasteiger partial charge on any atom is 0.338 e. The topological polar surface area (TPSA) is 91.4 Å². The minimum Gasteiger partial charge on any atom is -0.497 e. The third-order valence-corrected chi connectivity index (χ3v) is 7.88. The number of methoxy groups -OCH3 is 1. The van der Waals surface area contributed by atoms with E-state index in [9.17, 15) is 14.4 Å². The summed E-state index contributed by atoms with van der Waals surface area (Å²) in [6, 6.07) is 10.8. The molecule has 1 saturated heterocycles. The first-order valence-electron chi connectivity index (χ1n) is 12.7. The molecule has 1 fully saturated rings. The monoisotopic (exact) mass is 574 g/mol. The van der Waals surface area contributed by atoms with Gasteiger partial charge in [0, 0.05) is 50.5 Å². The Morgan fingerprint density at radius 3 is 2.46 bits per heavy atom. The van der Waals surface area contributed by atoms with Gasteiger partial charge >= 0.3 is 12.0 Å². The standard InChI is InChI=1S/C28H32Cl2N4O5/c1-5-39-27(36)23-22(32(3)28(37)31-25(23)20-7-6-8-21(29)24(20)30)16-33-13-14-34(17(2)15-33)26(35)18-9-11-19(38-4)12-10-18/h6-12,17,25H,5,13-16H2,1-4H3,(H,31,37)/t17-,25+/m1/s1. The van der Waals surface area contributed by atoms with Crippen LogP contribution < -0.4 is 10.1 Å². The Morgan fingerprint density at radius 2 is 1.82 bits per heavy atom. The molecule has 2 aliphatic rings. The number of carbonyl (C=O) groups excluding carboxylic acids is 3. The summed E-state index contributed by atoms with van der Waals surface area (Å²) in [5, 5.41) is 3.45. The predicted molar refractivity (Wildman–Crippen MR) is 149 cm³/mol. The number of esters is 1. The zero-order chi connectivity index (χ0) is 28.3. The average molecular weight is 575 g/mol. The Kier molecular flexibility index (Phi) is 9.04. The number of urea groups is 1. The molecule has 2 atom stereocenters. The van der Waals surface area contributed by atoms with E-state index >= 15 is 0 Å². The molecule has 0 unspecified atom stereocenters. The van der Waals surface area contributed by atoms with Gasteiger partial charge in [-0.05, 0) is 49.7 Å². The van der Waals surface area contributed by atoms with Crippen molar-refractivity contribution in [2.75, 3.05) is 46.9 Å². The van der Waals surface area contributed by atoms with Crippen molar-refractivity contribution in [3.63, 3.8) is 0 Å². The Bertz CT molecular complexity index is 1280. The molecular formula is C28H32Cl2N4O5. The number of rotatable bonds is 7. The largest absolute Gasteiger partial charge is 0.497 e. The second-order valence-electron chi connectivity index (χ2n) is 9.48. The van der Waals surface area contributed by atoms with Crippen LogP contribution in [-0.2, 0) is 9.53 Å². The van der Waals surface area contributed by atoms with E-state index in [2.05, 4.69) is 10.2 Å². The second-order valence-corrected chi connectivity index (χ2v) is 10.3. The molecule has 2 heterocycles. The van der Waals surface area contributed by atoms with E-state index in [-0.39, 0.29) is 29.6 Å². The average Bonchev–Trinajstić information content (AvgIpc) is 2.92. The summed E-state index contributed by atoms with van der Waals surface area (Å²) in [6.45, 7) is 5.80. The fourth-order valence-electron chi connectivity index (χ4n) is 4.96. The Hall–Kier alpha value is -3.27. The van der Waals surface area contributed by atoms with Crippen molar-refractivity contribution in [2.45, 2.75) is 25.9 Å². The van der Waals surface area contributed by atoms with Gasteiger partial charge in [0.2, 0.25) is 0 Å². The Labute approximate surface area is 238 Å². The smallest absolute Gasteiger partial charge is 0.338 e. The van der Waals surface area contributed by atoms with Crippen molar-refractivity contribution in [1.29, 1.82) is 0 Å². The fraction of sp³-hybridized carbons (Fsp3) is 0.393. The molecule has 0 spiro atoms. The van der Waals surface area contributed by atoms with Gasteiger partial charge in [-0.3, -0.25) is 14.6 Å². The number of piperazine rings is 1. The molecule has 4 rings (SSSR count). The van der Waals surface area contributed by atoms with Crippen LogP contribution >= 0.6 is 23.2 Å². The van der Waals surface area contributed by atoms with Gasteiger partial charge in [0.15, 0.2) is 0 Å². The zero-order valence-corrected chi connectivity index (χ0v) is 23.9. The first-order chi connectivity index (χ1) is 18.7. The van der Waals surface area contributed by atoms with Crippen molar-refractivity contribution >= 4 is 41.1 Å². The quantitative estimate of drug-likeness (QED) is 0.494. The molecule has 39 heavy (non-hydrogen) atoms. The first-order valence-corrected chi connectivity index (χ1v) is 13.5. The third-order valence-electron chi connectivity index (χ3n) is 7.05. The molecule has 208 valence electrons. The highest BCUT2D eigenvalue weighted by Gasteiger charge is 2.39. The molecule has 2 aromatic carbocycles. The number of nitrogens with zero attached hydrogens (tertiary/aromatic N) is 3. The number of amides is 3. The van der Waals surface area contributed by atoms with Gasteiger partial charge in [-0.1, -0.05) is 35.3 Å². The summed E-state index contributed by atoms with van der Waals surface area (Å²) in [7, 11) is 3.20. The van der Waals surface area contributed by atoms with E-state index in [1.165, 1.54) is 4.90 Å². The van der Waals surface area contributed by atoms with Crippen LogP contribution in [0.4, 0.5) is 4.79 Å². The van der Waals surface area contributed by atoms with Crippen molar-refractivity contribution in [3.05, 3.63) is 74.9 Å². The molecule has 0 saturated carbocycles. The molecule has 11 heteroatoms. The number of benzene rings is 2. The zero-order valence-electron chi connectivity index (χ0n) is 22.4. The van der Waals surface area contributed by atoms with Gasteiger partial charge in [0.05, 0.1) is 35.4 Å². The Balaban J connectivity index is 1.60. The molecule has 3 amide bonds. The predicted octanol–water partition coefficient (Wildman–Crippen LogP) is 4.36. The normalized spacial score (nSPS) is 20.1. The van der Waals surface area contributed by atoms with Crippen LogP contribution in [-0.4, -0.2) is 85.6 Å². The molecule has 2 aromatic rings. The molecule has 0 aromatic heterocycles. The second kappa shape index (κ2) is 12.3. The summed E-state index contributed by atoms with van der Waals surface area (Å²) in [6.07, 6.45) is 0. The minimum absolute atomic E-state index is 0.0546. The number of likely N-dealkylation sites (N-methyl/N-ethyl adjacent to an activating group) is 1. The highest BCUT2D eigenvalue weighted by atomic mass is 35.5. The Morgan fingerprint density at radius 1 is 1.10 bits per heavy atom. The van der Waals surface area contributed by atoms with Gasteiger partial charge in [-0.15, -0.1) is 0 Å². The molecule has 1 N–H and O–H groups in total. The van der Waals surface area contributed by atoms with E-state index in [1.54, 1.807) is 63.5 Å². The lowest BCUT2D eigenvalue weighted by Crippen LogP contribution is -2.56. The number of hydrogen-bond acceptors (Lipinski definition) is 6. The molecular weight excluding hydrogens is 543 g/mol. The first kappa shape index (κ1) is 28.7. The SMILES string of the molecule is CCOC(=O)C1=C(CN2CCN(C(=O)c3ccc(OC)cc3)[C@H](C)C2)N(C)C(=O)N[C@H]1c1cccc(Cl)c1Cl. The van der Waals surface area contributed by atoms with Crippen LogP contribution in [0.5, 0.6) is 5.75 Å². The van der Waals surface area contributed by atoms with Crippen molar-refractivity contribution in [1.82, 2.24) is 20.0 Å². The van der Waals surface area contributed by atoms with Gasteiger partial charge in [0.1, 0.15) is 5.75 Å². The highest BCUT2D eigenvalue weighted by molar-refractivity contribution is 6.42. The van der Waals surface area contributed by atoms with Crippen LogP contribution in [0.25, 0.3) is 0 Å². The van der Waals surface area contributed by atoms with Gasteiger partial charge in [-0.25, -0.2) is 9.59 Å². The van der Waals surface area contributed by atoms with E-state index in [1.807, 2.05) is 11.8 Å². The summed E-state index contributed by atoms with van der Waals surface area (Å²) in [5.41, 5.74) is 1.91. The van der Waals surface area contributed by atoms with E-state index < -0.39 is 12.0 Å². The lowest BCUT2D eigenvalue weighted by atomic mass is 9.94. The van der Waals surface area contributed by atoms with Gasteiger partial charge in [-0.2, -0.15) is 0 Å². The van der Waals surface area contributed by atoms with Crippen LogP contribution in [0.2, 0.25) is 10.0 Å². The van der Waals surface area contributed by atoms with Crippen LogP contribution in [0.15, 0.2) is 53.7 Å². The van der Waals surface area contributed by atoms with Crippen molar-refractivity contribution in [3.8, 4) is 5.75 Å². The van der Waals surface area contributed by atoms with Crippen LogP contribution in [0.3, 0.4) is 0 Å². The summed E-state index contributed by atoms with van der Waals surface area (Å²) in [4.78, 5) is 44.9.